The van der Waals surface area contributed by atoms with E-state index in [0.717, 1.165) is 11.4 Å². The molecule has 0 bridgehead atoms. The first kappa shape index (κ1) is 32.0. The van der Waals surface area contributed by atoms with Crippen molar-refractivity contribution >= 4 is 34.8 Å². The Labute approximate surface area is 211 Å². The Balaban J connectivity index is 0.000000550. The standard InChI is InChI=1S/C12H18N2O3.C7H10N2O2.C5H9ClO/c1-6-14-9(7-8(2)13-14)10(15)17-11(16)12(3,4)5;1-3-9-6(7(10)11)4-5(2)8-9;1-5(2,3)4(6)7/h7H,6H2,1-5H3;4H,3H2,1-2H3,(H,10,11);1-3H3. The summed E-state index contributed by atoms with van der Waals surface area (Å²) in [6, 6.07) is 3.17. The smallest absolute Gasteiger partial charge is 0.364 e. The van der Waals surface area contributed by atoms with Crippen molar-refractivity contribution < 1.29 is 29.0 Å². The van der Waals surface area contributed by atoms with Gasteiger partial charge in [-0.2, -0.15) is 10.2 Å². The zero-order valence-corrected chi connectivity index (χ0v) is 23.0. The molecular weight excluding hydrogens is 476 g/mol. The van der Waals surface area contributed by atoms with Crippen molar-refractivity contribution in [2.75, 3.05) is 0 Å². The van der Waals surface area contributed by atoms with Crippen molar-refractivity contribution in [3.05, 3.63) is 34.9 Å². The summed E-state index contributed by atoms with van der Waals surface area (Å²) in [6.45, 7) is 18.9. The van der Waals surface area contributed by atoms with Gasteiger partial charge in [0.05, 0.1) is 16.8 Å². The molecule has 1 N–H and O–H groups in total. The fourth-order valence-corrected chi connectivity index (χ4v) is 2.20. The van der Waals surface area contributed by atoms with E-state index in [4.69, 9.17) is 21.4 Å². The van der Waals surface area contributed by atoms with Crippen LogP contribution in [0.5, 0.6) is 0 Å². The quantitative estimate of drug-likeness (QED) is 0.355. The fourth-order valence-electron chi connectivity index (χ4n) is 2.20. The lowest BCUT2D eigenvalue weighted by Crippen LogP contribution is -2.27. The summed E-state index contributed by atoms with van der Waals surface area (Å²) in [5.41, 5.74) is 0.961. The van der Waals surface area contributed by atoms with Gasteiger partial charge in [0.2, 0.25) is 5.24 Å². The van der Waals surface area contributed by atoms with Crippen LogP contribution < -0.4 is 0 Å². The Morgan fingerprint density at radius 1 is 0.857 bits per heavy atom. The Hall–Kier alpha value is -3.01. The minimum atomic E-state index is -0.924. The largest absolute Gasteiger partial charge is 0.477 e. The number of carbonyl (C=O) groups is 4. The van der Waals surface area contributed by atoms with Gasteiger partial charge in [-0.3, -0.25) is 19.0 Å². The molecular formula is C24H37ClN4O6. The monoisotopic (exact) mass is 512 g/mol. The van der Waals surface area contributed by atoms with E-state index in [0.29, 0.717) is 18.8 Å². The highest BCUT2D eigenvalue weighted by Gasteiger charge is 2.27. The van der Waals surface area contributed by atoms with Crippen molar-refractivity contribution in [3.63, 3.8) is 0 Å². The van der Waals surface area contributed by atoms with Crippen molar-refractivity contribution in [2.45, 2.75) is 82.3 Å². The summed E-state index contributed by atoms with van der Waals surface area (Å²) in [5.74, 6) is -2.11. The molecule has 0 aliphatic carbocycles. The lowest BCUT2D eigenvalue weighted by Gasteiger charge is -2.15. The number of halogens is 1. The average molecular weight is 513 g/mol. The first-order valence-electron chi connectivity index (χ1n) is 11.1. The average Bonchev–Trinajstić information content (AvgIpc) is 3.29. The Morgan fingerprint density at radius 2 is 1.23 bits per heavy atom. The number of carboxylic acid groups (broad SMARTS) is 1. The van der Waals surface area contributed by atoms with Crippen LogP contribution in [0.3, 0.4) is 0 Å². The lowest BCUT2D eigenvalue weighted by atomic mass is 9.97. The fraction of sp³-hybridized carbons (Fsp3) is 0.583. The van der Waals surface area contributed by atoms with E-state index in [1.807, 2.05) is 13.8 Å². The molecule has 0 aliphatic rings. The van der Waals surface area contributed by atoms with Crippen LogP contribution in [0.15, 0.2) is 12.1 Å². The van der Waals surface area contributed by atoms with Crippen LogP contribution in [-0.2, 0) is 27.4 Å². The second-order valence-electron chi connectivity index (χ2n) is 9.73. The minimum Gasteiger partial charge on any atom is -0.477 e. The summed E-state index contributed by atoms with van der Waals surface area (Å²) >= 11 is 5.11. The van der Waals surface area contributed by atoms with Crippen LogP contribution in [0.4, 0.5) is 0 Å². The van der Waals surface area contributed by atoms with Crippen LogP contribution in [-0.4, -0.2) is 47.8 Å². The molecule has 10 nitrogen and oxygen atoms in total. The number of aromatic nitrogens is 4. The molecule has 0 aromatic carbocycles. The number of carboxylic acids is 1. The molecule has 2 heterocycles. The normalized spacial score (nSPS) is 10.9. The Kier molecular flexibility index (Phi) is 12.0. The van der Waals surface area contributed by atoms with Crippen molar-refractivity contribution in [2.24, 2.45) is 10.8 Å². The van der Waals surface area contributed by atoms with Crippen LogP contribution in [0.25, 0.3) is 0 Å². The van der Waals surface area contributed by atoms with E-state index >= 15 is 0 Å². The van der Waals surface area contributed by atoms with Crippen LogP contribution >= 0.6 is 11.6 Å². The number of aromatic carboxylic acids is 1. The predicted octanol–water partition coefficient (Wildman–Crippen LogP) is 4.65. The first-order valence-corrected chi connectivity index (χ1v) is 11.5. The van der Waals surface area contributed by atoms with E-state index in [1.165, 1.54) is 9.36 Å². The van der Waals surface area contributed by atoms with E-state index in [9.17, 15) is 19.2 Å². The van der Waals surface area contributed by atoms with Gasteiger partial charge >= 0.3 is 17.9 Å². The minimum absolute atomic E-state index is 0.255. The van der Waals surface area contributed by atoms with Gasteiger partial charge in [-0.25, -0.2) is 9.59 Å². The highest BCUT2D eigenvalue weighted by Crippen LogP contribution is 2.17. The molecule has 0 aliphatic heterocycles. The molecule has 0 saturated heterocycles. The van der Waals surface area contributed by atoms with Gasteiger partial charge in [-0.15, -0.1) is 0 Å². The maximum Gasteiger partial charge on any atom is 0.364 e. The molecule has 0 amide bonds. The van der Waals surface area contributed by atoms with Gasteiger partial charge < -0.3 is 9.84 Å². The maximum absolute atomic E-state index is 11.8. The van der Waals surface area contributed by atoms with E-state index in [2.05, 4.69) is 10.2 Å². The maximum atomic E-state index is 11.8. The third-order valence-corrected chi connectivity index (χ3v) is 4.79. The van der Waals surface area contributed by atoms with Crippen LogP contribution in [0.1, 0.15) is 87.8 Å². The molecule has 0 radical (unpaired) electrons. The van der Waals surface area contributed by atoms with E-state index < -0.39 is 23.3 Å². The molecule has 2 rings (SSSR count). The lowest BCUT2D eigenvalue weighted by molar-refractivity contribution is -0.146. The summed E-state index contributed by atoms with van der Waals surface area (Å²) < 4.78 is 7.81. The third kappa shape index (κ3) is 10.9. The van der Waals surface area contributed by atoms with Crippen LogP contribution in [0.2, 0.25) is 0 Å². The molecule has 0 saturated carbocycles. The second-order valence-corrected chi connectivity index (χ2v) is 10.1. The number of carbonyl (C=O) groups excluding carboxylic acids is 3. The predicted molar refractivity (Wildman–Crippen MR) is 132 cm³/mol. The zero-order chi connectivity index (χ0) is 27.7. The SMILES string of the molecule is CC(C)(C)C(=O)Cl.CCn1nc(C)cc1C(=O)O.CCn1nc(C)cc1C(=O)OC(=O)C(C)(C)C. The number of esters is 2. The molecule has 35 heavy (non-hydrogen) atoms. The summed E-state index contributed by atoms with van der Waals surface area (Å²) in [6.07, 6.45) is 0. The van der Waals surface area contributed by atoms with E-state index in [-0.39, 0.29) is 16.4 Å². The van der Waals surface area contributed by atoms with Crippen molar-refractivity contribution in [1.29, 1.82) is 0 Å². The molecule has 196 valence electrons. The number of ether oxygens (including phenoxy) is 1. The molecule has 2 aromatic heterocycles. The Bertz CT molecular complexity index is 1040. The van der Waals surface area contributed by atoms with Gasteiger partial charge in [0.15, 0.2) is 0 Å². The molecule has 2 aromatic rings. The molecule has 0 spiro atoms. The summed E-state index contributed by atoms with van der Waals surface area (Å²) in [4.78, 5) is 44.1. The second kappa shape index (κ2) is 13.2. The number of rotatable bonds is 4. The van der Waals surface area contributed by atoms with Gasteiger partial charge in [0.1, 0.15) is 11.4 Å². The third-order valence-electron chi connectivity index (χ3n) is 4.22. The number of hydrogen-bond acceptors (Lipinski definition) is 7. The summed E-state index contributed by atoms with van der Waals surface area (Å²) in [7, 11) is 0. The topological polar surface area (TPSA) is 133 Å². The van der Waals surface area contributed by atoms with Crippen molar-refractivity contribution in [1.82, 2.24) is 19.6 Å². The summed E-state index contributed by atoms with van der Waals surface area (Å²) in [5, 5.41) is 16.5. The Morgan fingerprint density at radius 3 is 1.51 bits per heavy atom. The molecule has 0 unspecified atom stereocenters. The number of nitrogens with zero attached hydrogens (tertiary/aromatic N) is 4. The van der Waals surface area contributed by atoms with Gasteiger partial charge in [-0.1, -0.05) is 20.8 Å². The van der Waals surface area contributed by atoms with Crippen molar-refractivity contribution in [3.8, 4) is 0 Å². The van der Waals surface area contributed by atoms with Gasteiger partial charge in [-0.05, 0) is 72.2 Å². The highest BCUT2D eigenvalue weighted by molar-refractivity contribution is 6.64. The molecule has 11 heteroatoms. The first-order chi connectivity index (χ1) is 15.8. The number of hydrogen-bond donors (Lipinski definition) is 1. The molecule has 0 atom stereocenters. The highest BCUT2D eigenvalue weighted by atomic mass is 35.5. The van der Waals surface area contributed by atoms with Gasteiger partial charge in [0.25, 0.3) is 0 Å². The number of aryl methyl sites for hydroxylation is 4. The van der Waals surface area contributed by atoms with E-state index in [1.54, 1.807) is 67.5 Å². The van der Waals surface area contributed by atoms with Crippen LogP contribution in [0, 0.1) is 24.7 Å². The zero-order valence-electron chi connectivity index (χ0n) is 22.2. The molecule has 0 fully saturated rings. The van der Waals surface area contributed by atoms with Gasteiger partial charge in [0, 0.05) is 18.5 Å².